The van der Waals surface area contributed by atoms with Crippen molar-refractivity contribution in [2.75, 3.05) is 13.1 Å². The molecule has 0 spiro atoms. The summed E-state index contributed by atoms with van der Waals surface area (Å²) in [5, 5.41) is 0. The number of halogens is 2. The Morgan fingerprint density at radius 1 is 1.30 bits per heavy atom. The Kier molecular flexibility index (Phi) is 3.75. The third kappa shape index (κ3) is 2.45. The van der Waals surface area contributed by atoms with Crippen LogP contribution in [0.15, 0.2) is 23.1 Å². The maximum Gasteiger partial charge on any atom is 0.243 e. The molecule has 110 valence electrons. The highest BCUT2D eigenvalue weighted by Crippen LogP contribution is 2.31. The highest BCUT2D eigenvalue weighted by molar-refractivity contribution is 7.89. The Morgan fingerprint density at radius 3 is 2.55 bits per heavy atom. The number of benzene rings is 1. The van der Waals surface area contributed by atoms with Crippen molar-refractivity contribution in [3.63, 3.8) is 0 Å². The van der Waals surface area contributed by atoms with Crippen molar-refractivity contribution in [3.05, 3.63) is 29.6 Å². The number of alkyl halides is 1. The second kappa shape index (κ2) is 5.26. The van der Waals surface area contributed by atoms with Crippen LogP contribution in [-0.4, -0.2) is 38.0 Å². The molecule has 1 aromatic rings. The lowest BCUT2D eigenvalue weighted by atomic mass is 10.2. The fraction of sp³-hybridized carbons (Fsp3) is 0.538. The first-order valence-electron chi connectivity index (χ1n) is 6.50. The van der Waals surface area contributed by atoms with Gasteiger partial charge in [0.05, 0.1) is 17.1 Å². The van der Waals surface area contributed by atoms with Crippen molar-refractivity contribution in [2.24, 2.45) is 0 Å². The van der Waals surface area contributed by atoms with Crippen molar-refractivity contribution in [2.45, 2.75) is 35.8 Å². The summed E-state index contributed by atoms with van der Waals surface area (Å²) in [6, 6.07) is 3.69. The second-order valence-corrected chi connectivity index (χ2v) is 7.34. The van der Waals surface area contributed by atoms with Crippen molar-refractivity contribution in [1.82, 2.24) is 4.31 Å². The largest absolute Gasteiger partial charge is 0.372 e. The third-order valence-electron chi connectivity index (χ3n) is 3.80. The Labute approximate surface area is 122 Å². The van der Waals surface area contributed by atoms with E-state index in [1.165, 1.54) is 16.4 Å². The molecule has 20 heavy (non-hydrogen) atoms. The first kappa shape index (κ1) is 14.3. The van der Waals surface area contributed by atoms with E-state index in [0.29, 0.717) is 18.7 Å². The SMILES string of the molecule is O=S(=O)(c1cc(F)ccc1CCl)N1CC2CCC(C1)O2. The van der Waals surface area contributed by atoms with E-state index >= 15 is 0 Å². The van der Waals surface area contributed by atoms with Crippen LogP contribution >= 0.6 is 11.6 Å². The molecule has 0 aromatic heterocycles. The average Bonchev–Trinajstić information content (AvgIpc) is 2.77. The normalized spacial score (nSPS) is 26.9. The molecule has 0 saturated carbocycles. The highest BCUT2D eigenvalue weighted by atomic mass is 35.5. The molecule has 2 aliphatic heterocycles. The lowest BCUT2D eigenvalue weighted by molar-refractivity contribution is -0.0114. The summed E-state index contributed by atoms with van der Waals surface area (Å²) >= 11 is 5.77. The van der Waals surface area contributed by atoms with Crippen LogP contribution in [0.4, 0.5) is 4.39 Å². The number of hydrogen-bond donors (Lipinski definition) is 0. The topological polar surface area (TPSA) is 46.6 Å². The number of nitrogens with zero attached hydrogens (tertiary/aromatic N) is 1. The molecular formula is C13H15ClFNO3S. The zero-order chi connectivity index (χ0) is 14.3. The first-order valence-corrected chi connectivity index (χ1v) is 8.48. The molecule has 7 heteroatoms. The van der Waals surface area contributed by atoms with Gasteiger partial charge >= 0.3 is 0 Å². The summed E-state index contributed by atoms with van der Waals surface area (Å²) in [6.07, 6.45) is 1.66. The molecule has 2 bridgehead atoms. The van der Waals surface area contributed by atoms with Crippen LogP contribution in [0.3, 0.4) is 0 Å². The van der Waals surface area contributed by atoms with E-state index in [2.05, 4.69) is 0 Å². The molecule has 2 atom stereocenters. The summed E-state index contributed by atoms with van der Waals surface area (Å²) in [5.74, 6) is -0.542. The molecule has 2 unspecified atom stereocenters. The number of fused-ring (bicyclic) bond motifs is 2. The minimum absolute atomic E-state index is 0.0335. The molecule has 0 N–H and O–H groups in total. The van der Waals surface area contributed by atoms with E-state index < -0.39 is 15.8 Å². The van der Waals surface area contributed by atoms with E-state index in [-0.39, 0.29) is 23.0 Å². The minimum atomic E-state index is -3.72. The molecule has 2 saturated heterocycles. The summed E-state index contributed by atoms with van der Waals surface area (Å²) in [5.41, 5.74) is 0.423. The van der Waals surface area contributed by atoms with Crippen LogP contribution < -0.4 is 0 Å². The van der Waals surface area contributed by atoms with Gasteiger partial charge in [-0.15, -0.1) is 11.6 Å². The summed E-state index contributed by atoms with van der Waals surface area (Å²) < 4.78 is 45.8. The molecular weight excluding hydrogens is 305 g/mol. The van der Waals surface area contributed by atoms with Crippen LogP contribution in [0.5, 0.6) is 0 Å². The average molecular weight is 320 g/mol. The first-order chi connectivity index (χ1) is 9.50. The van der Waals surface area contributed by atoms with E-state index in [9.17, 15) is 12.8 Å². The maximum atomic E-state index is 13.4. The second-order valence-electron chi connectivity index (χ2n) is 5.17. The van der Waals surface area contributed by atoms with Gasteiger partial charge in [-0.25, -0.2) is 12.8 Å². The zero-order valence-electron chi connectivity index (χ0n) is 10.8. The van der Waals surface area contributed by atoms with E-state index in [1.54, 1.807) is 0 Å². The minimum Gasteiger partial charge on any atom is -0.372 e. The predicted octanol–water partition coefficient (Wildman–Crippen LogP) is 2.12. The quantitative estimate of drug-likeness (QED) is 0.802. The van der Waals surface area contributed by atoms with E-state index in [1.807, 2.05) is 0 Å². The van der Waals surface area contributed by atoms with Gasteiger partial charge in [0.15, 0.2) is 0 Å². The van der Waals surface area contributed by atoms with Crippen LogP contribution in [-0.2, 0) is 20.6 Å². The highest BCUT2D eigenvalue weighted by Gasteiger charge is 2.40. The lowest BCUT2D eigenvalue weighted by Gasteiger charge is -2.31. The van der Waals surface area contributed by atoms with Crippen LogP contribution in [0.1, 0.15) is 18.4 Å². The molecule has 2 aliphatic rings. The zero-order valence-corrected chi connectivity index (χ0v) is 12.3. The number of hydrogen-bond acceptors (Lipinski definition) is 3. The maximum absolute atomic E-state index is 13.4. The standard InChI is InChI=1S/C13H15ClFNO3S/c14-6-9-1-2-10(15)5-13(9)20(17,18)16-7-11-3-4-12(8-16)19-11/h1-2,5,11-12H,3-4,6-8H2. The fourth-order valence-corrected chi connectivity index (χ4v) is 4.84. The van der Waals surface area contributed by atoms with Crippen molar-refractivity contribution in [3.8, 4) is 0 Å². The summed E-state index contributed by atoms with van der Waals surface area (Å²) in [6.45, 7) is 0.661. The van der Waals surface area contributed by atoms with Crippen LogP contribution in [0.25, 0.3) is 0 Å². The predicted molar refractivity (Wildman–Crippen MR) is 72.6 cm³/mol. The third-order valence-corrected chi connectivity index (χ3v) is 6.00. The van der Waals surface area contributed by atoms with Crippen molar-refractivity contribution < 1.29 is 17.5 Å². The number of sulfonamides is 1. The van der Waals surface area contributed by atoms with Gasteiger partial charge in [0, 0.05) is 19.0 Å². The smallest absolute Gasteiger partial charge is 0.243 e. The summed E-state index contributed by atoms with van der Waals surface area (Å²) in [7, 11) is -3.72. The summed E-state index contributed by atoms with van der Waals surface area (Å²) in [4.78, 5) is -0.0335. The molecule has 0 radical (unpaired) electrons. The number of morpholine rings is 1. The van der Waals surface area contributed by atoms with Crippen molar-refractivity contribution in [1.29, 1.82) is 0 Å². The number of rotatable bonds is 3. The fourth-order valence-electron chi connectivity index (χ4n) is 2.79. The Morgan fingerprint density at radius 2 is 1.95 bits per heavy atom. The van der Waals surface area contributed by atoms with Gasteiger partial charge < -0.3 is 4.74 Å². The van der Waals surface area contributed by atoms with Gasteiger partial charge in [0.2, 0.25) is 10.0 Å². The number of ether oxygens (including phenoxy) is 1. The van der Waals surface area contributed by atoms with Gasteiger partial charge in [-0.05, 0) is 30.5 Å². The van der Waals surface area contributed by atoms with Gasteiger partial charge in [0.25, 0.3) is 0 Å². The van der Waals surface area contributed by atoms with Gasteiger partial charge in [-0.1, -0.05) is 6.07 Å². The van der Waals surface area contributed by atoms with Crippen LogP contribution in [0, 0.1) is 5.82 Å². The lowest BCUT2D eigenvalue weighted by Crippen LogP contribution is -2.45. The van der Waals surface area contributed by atoms with Crippen LogP contribution in [0.2, 0.25) is 0 Å². The van der Waals surface area contributed by atoms with Gasteiger partial charge in [-0.2, -0.15) is 4.31 Å². The molecule has 0 amide bonds. The molecule has 3 rings (SSSR count). The Bertz CT molecular complexity index is 610. The Hall–Kier alpha value is -0.690. The van der Waals surface area contributed by atoms with Crippen molar-refractivity contribution >= 4 is 21.6 Å². The molecule has 2 heterocycles. The molecule has 4 nitrogen and oxygen atoms in total. The van der Waals surface area contributed by atoms with E-state index in [0.717, 1.165) is 18.9 Å². The van der Waals surface area contributed by atoms with E-state index in [4.69, 9.17) is 16.3 Å². The Balaban J connectivity index is 1.97. The van der Waals surface area contributed by atoms with Gasteiger partial charge in [0.1, 0.15) is 5.82 Å². The molecule has 0 aliphatic carbocycles. The van der Waals surface area contributed by atoms with Gasteiger partial charge in [-0.3, -0.25) is 0 Å². The monoisotopic (exact) mass is 319 g/mol. The molecule has 2 fully saturated rings. The molecule has 1 aromatic carbocycles.